The summed E-state index contributed by atoms with van der Waals surface area (Å²) >= 11 is 6.94. The molecular weight excluding hydrogens is 469 g/mol. The average Bonchev–Trinajstić information content (AvgIpc) is 3.33. The number of benzene rings is 2. The standard InChI is InChI=1S/C23H19ClFN3O4S/c24-16-8-7-15(12-18(16)27-10-3-6-20(27)29)21(30)26-9-11-28-22(31)19(33-23(28)32)13-14-4-1-2-5-17(14)25/h1-2,4-5,7-8,12-13H,3,6,9-11H2,(H,26,30)/b19-13-. The zero-order valence-electron chi connectivity index (χ0n) is 17.3. The number of amides is 4. The molecule has 2 aromatic rings. The summed E-state index contributed by atoms with van der Waals surface area (Å²) in [5.74, 6) is -1.50. The van der Waals surface area contributed by atoms with Gasteiger partial charge in [-0.1, -0.05) is 29.8 Å². The fraction of sp³-hybridized carbons (Fsp3) is 0.217. The Morgan fingerprint density at radius 3 is 2.70 bits per heavy atom. The Hall–Kier alpha value is -3.17. The van der Waals surface area contributed by atoms with E-state index < -0.39 is 22.9 Å². The molecule has 0 aromatic heterocycles. The van der Waals surface area contributed by atoms with Crippen LogP contribution in [0, 0.1) is 5.82 Å². The summed E-state index contributed by atoms with van der Waals surface area (Å²) in [6.45, 7) is 0.545. The summed E-state index contributed by atoms with van der Waals surface area (Å²) in [7, 11) is 0. The summed E-state index contributed by atoms with van der Waals surface area (Å²) in [5, 5.41) is 2.56. The van der Waals surface area contributed by atoms with E-state index in [0.717, 1.165) is 23.1 Å². The van der Waals surface area contributed by atoms with Gasteiger partial charge in [-0.3, -0.25) is 24.1 Å². The molecule has 2 fully saturated rings. The second kappa shape index (κ2) is 9.76. The number of rotatable bonds is 6. The molecule has 2 saturated heterocycles. The number of halogens is 2. The molecule has 0 aliphatic carbocycles. The molecule has 2 aliphatic rings. The van der Waals surface area contributed by atoms with Crippen LogP contribution in [0.25, 0.3) is 6.08 Å². The van der Waals surface area contributed by atoms with Gasteiger partial charge in [0.1, 0.15) is 5.82 Å². The third-order valence-corrected chi connectivity index (χ3v) is 6.49. The van der Waals surface area contributed by atoms with Crippen molar-refractivity contribution in [1.82, 2.24) is 10.2 Å². The average molecular weight is 488 g/mol. The van der Waals surface area contributed by atoms with E-state index >= 15 is 0 Å². The van der Waals surface area contributed by atoms with Gasteiger partial charge in [0.2, 0.25) is 5.91 Å². The van der Waals surface area contributed by atoms with E-state index in [9.17, 15) is 23.6 Å². The molecule has 10 heteroatoms. The van der Waals surface area contributed by atoms with Gasteiger partial charge in [-0.15, -0.1) is 0 Å². The van der Waals surface area contributed by atoms with Crippen molar-refractivity contribution in [3.05, 3.63) is 69.3 Å². The Balaban J connectivity index is 1.38. The molecule has 33 heavy (non-hydrogen) atoms. The summed E-state index contributed by atoms with van der Waals surface area (Å²) < 4.78 is 13.8. The van der Waals surface area contributed by atoms with E-state index in [4.69, 9.17) is 11.6 Å². The highest BCUT2D eigenvalue weighted by molar-refractivity contribution is 8.18. The Bertz CT molecular complexity index is 1190. The zero-order valence-corrected chi connectivity index (χ0v) is 18.9. The lowest BCUT2D eigenvalue weighted by Gasteiger charge is -2.18. The number of imide groups is 1. The summed E-state index contributed by atoms with van der Waals surface area (Å²) in [6.07, 6.45) is 2.51. The van der Waals surface area contributed by atoms with Crippen LogP contribution in [0.3, 0.4) is 0 Å². The second-order valence-corrected chi connectivity index (χ2v) is 8.83. The maximum absolute atomic E-state index is 13.8. The first kappa shape index (κ1) is 23.0. The van der Waals surface area contributed by atoms with Gasteiger partial charge in [0.05, 0.1) is 15.6 Å². The van der Waals surface area contributed by atoms with Crippen molar-refractivity contribution in [3.8, 4) is 0 Å². The molecule has 1 N–H and O–H groups in total. The van der Waals surface area contributed by atoms with Crippen LogP contribution >= 0.6 is 23.4 Å². The molecule has 4 amide bonds. The maximum atomic E-state index is 13.8. The van der Waals surface area contributed by atoms with Crippen LogP contribution < -0.4 is 10.2 Å². The molecule has 2 aromatic carbocycles. The van der Waals surface area contributed by atoms with Crippen molar-refractivity contribution in [2.75, 3.05) is 24.5 Å². The van der Waals surface area contributed by atoms with Gasteiger partial charge in [-0.2, -0.15) is 0 Å². The van der Waals surface area contributed by atoms with Crippen LogP contribution in [0.2, 0.25) is 5.02 Å². The van der Waals surface area contributed by atoms with Crippen LogP contribution in [0.1, 0.15) is 28.8 Å². The summed E-state index contributed by atoms with van der Waals surface area (Å²) in [6, 6.07) is 10.6. The molecule has 170 valence electrons. The number of nitrogens with one attached hydrogen (secondary N) is 1. The van der Waals surface area contributed by atoms with Gasteiger partial charge in [-0.05, 0) is 48.5 Å². The minimum atomic E-state index is -0.538. The van der Waals surface area contributed by atoms with Crippen molar-refractivity contribution < 1.29 is 23.6 Å². The molecule has 0 bridgehead atoms. The van der Waals surface area contributed by atoms with Crippen molar-refractivity contribution in [2.24, 2.45) is 0 Å². The van der Waals surface area contributed by atoms with Gasteiger partial charge in [-0.25, -0.2) is 4.39 Å². The highest BCUT2D eigenvalue weighted by Gasteiger charge is 2.35. The highest BCUT2D eigenvalue weighted by Crippen LogP contribution is 2.32. The van der Waals surface area contributed by atoms with Crippen molar-refractivity contribution >= 4 is 58.1 Å². The van der Waals surface area contributed by atoms with Crippen LogP contribution in [0.5, 0.6) is 0 Å². The third-order valence-electron chi connectivity index (χ3n) is 5.26. The normalized spacial score (nSPS) is 17.4. The molecule has 0 spiro atoms. The number of carbonyl (C=O) groups excluding carboxylic acids is 4. The zero-order chi connectivity index (χ0) is 23.5. The third kappa shape index (κ3) is 4.94. The molecular formula is C23H19ClFN3O4S. The number of anilines is 1. The van der Waals surface area contributed by atoms with E-state index in [1.807, 2.05) is 0 Å². The van der Waals surface area contributed by atoms with Crippen LogP contribution in [-0.4, -0.2) is 47.5 Å². The van der Waals surface area contributed by atoms with Crippen molar-refractivity contribution in [2.45, 2.75) is 12.8 Å². The Morgan fingerprint density at radius 1 is 1.18 bits per heavy atom. The lowest BCUT2D eigenvalue weighted by atomic mass is 10.1. The lowest BCUT2D eigenvalue weighted by molar-refractivity contribution is -0.122. The topological polar surface area (TPSA) is 86.8 Å². The predicted octanol–water partition coefficient (Wildman–Crippen LogP) is 4.07. The van der Waals surface area contributed by atoms with E-state index in [1.165, 1.54) is 24.3 Å². The molecule has 2 heterocycles. The number of thioether (sulfide) groups is 1. The quantitative estimate of drug-likeness (QED) is 0.621. The molecule has 0 saturated carbocycles. The van der Waals surface area contributed by atoms with E-state index in [2.05, 4.69) is 5.32 Å². The first-order valence-electron chi connectivity index (χ1n) is 10.2. The van der Waals surface area contributed by atoms with E-state index in [1.54, 1.807) is 29.2 Å². The monoisotopic (exact) mass is 487 g/mol. The van der Waals surface area contributed by atoms with Gasteiger partial charge in [0, 0.05) is 37.2 Å². The largest absolute Gasteiger partial charge is 0.350 e. The Labute approximate surface area is 198 Å². The minimum absolute atomic E-state index is 0.0317. The lowest BCUT2D eigenvalue weighted by Crippen LogP contribution is -2.37. The molecule has 4 rings (SSSR count). The van der Waals surface area contributed by atoms with Gasteiger partial charge in [0.15, 0.2) is 0 Å². The molecule has 0 atom stereocenters. The van der Waals surface area contributed by atoms with E-state index in [-0.39, 0.29) is 29.5 Å². The number of hydrogen-bond acceptors (Lipinski definition) is 5. The first-order valence-corrected chi connectivity index (χ1v) is 11.4. The second-order valence-electron chi connectivity index (χ2n) is 7.43. The van der Waals surface area contributed by atoms with Gasteiger partial charge >= 0.3 is 0 Å². The highest BCUT2D eigenvalue weighted by atomic mass is 35.5. The van der Waals surface area contributed by atoms with Crippen LogP contribution in [0.15, 0.2) is 47.4 Å². The summed E-state index contributed by atoms with van der Waals surface area (Å²) in [4.78, 5) is 52.1. The molecule has 0 unspecified atom stereocenters. The van der Waals surface area contributed by atoms with E-state index in [0.29, 0.717) is 29.2 Å². The summed E-state index contributed by atoms with van der Waals surface area (Å²) in [5.41, 5.74) is 1.00. The number of hydrogen-bond donors (Lipinski definition) is 1. The number of nitrogens with zero attached hydrogens (tertiary/aromatic N) is 2. The molecule has 0 radical (unpaired) electrons. The fourth-order valence-corrected chi connectivity index (χ4v) is 4.65. The van der Waals surface area contributed by atoms with Crippen LogP contribution in [-0.2, 0) is 9.59 Å². The van der Waals surface area contributed by atoms with Crippen molar-refractivity contribution in [1.29, 1.82) is 0 Å². The van der Waals surface area contributed by atoms with Gasteiger partial charge in [0.25, 0.3) is 17.1 Å². The molecule has 7 nitrogen and oxygen atoms in total. The Morgan fingerprint density at radius 2 is 1.97 bits per heavy atom. The SMILES string of the molecule is O=C(NCCN1C(=O)S/C(=C\c2ccccc2F)C1=O)c1ccc(Cl)c(N2CCCC2=O)c1. The van der Waals surface area contributed by atoms with Gasteiger partial charge < -0.3 is 10.2 Å². The smallest absolute Gasteiger partial charge is 0.293 e. The fourth-order valence-electron chi connectivity index (χ4n) is 3.57. The molecule has 2 aliphatic heterocycles. The van der Waals surface area contributed by atoms with Crippen molar-refractivity contribution in [3.63, 3.8) is 0 Å². The van der Waals surface area contributed by atoms with Crippen LogP contribution in [0.4, 0.5) is 14.9 Å². The minimum Gasteiger partial charge on any atom is -0.350 e. The maximum Gasteiger partial charge on any atom is 0.293 e. The first-order chi connectivity index (χ1) is 15.8. The Kier molecular flexibility index (Phi) is 6.80. The predicted molar refractivity (Wildman–Crippen MR) is 124 cm³/mol. The number of carbonyl (C=O) groups is 4.